The molecule has 0 atom stereocenters. The number of fused-ring (bicyclic) bond motifs is 1. The number of ether oxygens (including phenoxy) is 1. The maximum atomic E-state index is 12.0. The molecule has 1 heterocycles. The molecule has 88 valence electrons. The van der Waals surface area contributed by atoms with E-state index in [0.717, 1.165) is 5.69 Å². The number of aromatic amines is 1. The predicted octanol–water partition coefficient (Wildman–Crippen LogP) is 1.93. The van der Waals surface area contributed by atoms with Crippen LogP contribution in [0.5, 0.6) is 0 Å². The summed E-state index contributed by atoms with van der Waals surface area (Å²) < 4.78 is 4.69. The number of hydrogen-bond donors (Lipinski definition) is 1. The van der Waals surface area contributed by atoms with E-state index in [1.54, 1.807) is 25.1 Å². The van der Waals surface area contributed by atoms with Gasteiger partial charge in [0.25, 0.3) is 0 Å². The zero-order valence-electron chi connectivity index (χ0n) is 9.96. The Morgan fingerprint density at radius 2 is 2.00 bits per heavy atom. The molecule has 0 saturated heterocycles. The van der Waals surface area contributed by atoms with Gasteiger partial charge in [-0.3, -0.25) is 4.79 Å². The van der Waals surface area contributed by atoms with E-state index in [2.05, 4.69) is 4.98 Å². The first-order valence-corrected chi connectivity index (χ1v) is 5.26. The maximum absolute atomic E-state index is 12.0. The summed E-state index contributed by atoms with van der Waals surface area (Å²) in [5.41, 5.74) is 2.29. The number of rotatable bonds is 1. The van der Waals surface area contributed by atoms with Gasteiger partial charge in [-0.1, -0.05) is 6.07 Å². The standard InChI is InChI=1S/C13H13NO3/c1-7-8(2)14-11-9(12(7)15)5-4-6-10(11)13(16)17-3/h4-6H,1-3H3,(H,14,15). The molecule has 4 nitrogen and oxygen atoms in total. The van der Waals surface area contributed by atoms with Gasteiger partial charge in [0.1, 0.15) is 0 Å². The van der Waals surface area contributed by atoms with E-state index >= 15 is 0 Å². The third-order valence-electron chi connectivity index (χ3n) is 2.93. The average Bonchev–Trinajstić information content (AvgIpc) is 2.34. The van der Waals surface area contributed by atoms with Gasteiger partial charge in [-0.05, 0) is 26.0 Å². The minimum absolute atomic E-state index is 0.0537. The summed E-state index contributed by atoms with van der Waals surface area (Å²) in [6.07, 6.45) is 0. The largest absolute Gasteiger partial charge is 0.465 e. The number of esters is 1. The van der Waals surface area contributed by atoms with Crippen molar-refractivity contribution in [2.24, 2.45) is 0 Å². The van der Waals surface area contributed by atoms with Crippen LogP contribution in [0.3, 0.4) is 0 Å². The second kappa shape index (κ2) is 4.05. The minimum Gasteiger partial charge on any atom is -0.465 e. The number of nitrogens with one attached hydrogen (secondary N) is 1. The molecule has 4 heteroatoms. The Balaban J connectivity index is 2.91. The molecular formula is C13H13NO3. The van der Waals surface area contributed by atoms with Crippen LogP contribution in [0.2, 0.25) is 0 Å². The molecule has 0 unspecified atom stereocenters. The van der Waals surface area contributed by atoms with E-state index in [-0.39, 0.29) is 5.43 Å². The number of methoxy groups -OCH3 is 1. The second-order valence-corrected chi connectivity index (χ2v) is 3.92. The molecule has 0 bridgehead atoms. The van der Waals surface area contributed by atoms with Gasteiger partial charge in [-0.25, -0.2) is 4.79 Å². The van der Waals surface area contributed by atoms with Crippen molar-refractivity contribution in [1.82, 2.24) is 4.98 Å². The number of hydrogen-bond acceptors (Lipinski definition) is 3. The Labute approximate surface area is 98.2 Å². The van der Waals surface area contributed by atoms with E-state index < -0.39 is 5.97 Å². The lowest BCUT2D eigenvalue weighted by atomic mass is 10.1. The van der Waals surface area contributed by atoms with Crippen molar-refractivity contribution in [3.05, 3.63) is 45.2 Å². The molecule has 0 amide bonds. The fourth-order valence-electron chi connectivity index (χ4n) is 1.81. The number of carbonyl (C=O) groups excluding carboxylic acids is 1. The number of para-hydroxylation sites is 1. The van der Waals surface area contributed by atoms with E-state index in [1.165, 1.54) is 7.11 Å². The summed E-state index contributed by atoms with van der Waals surface area (Å²) in [5.74, 6) is -0.450. The van der Waals surface area contributed by atoms with Crippen LogP contribution < -0.4 is 5.43 Å². The summed E-state index contributed by atoms with van der Waals surface area (Å²) in [4.78, 5) is 26.7. The molecule has 2 rings (SSSR count). The van der Waals surface area contributed by atoms with Crippen LogP contribution in [0, 0.1) is 13.8 Å². The second-order valence-electron chi connectivity index (χ2n) is 3.92. The van der Waals surface area contributed by atoms with Crippen molar-refractivity contribution in [3.8, 4) is 0 Å². The van der Waals surface area contributed by atoms with Crippen molar-refractivity contribution in [2.45, 2.75) is 13.8 Å². The Bertz CT molecular complexity index is 655. The third-order valence-corrected chi connectivity index (χ3v) is 2.93. The zero-order chi connectivity index (χ0) is 12.6. The van der Waals surface area contributed by atoms with Gasteiger partial charge in [0.15, 0.2) is 5.43 Å². The molecule has 0 aliphatic rings. The van der Waals surface area contributed by atoms with Crippen molar-refractivity contribution in [3.63, 3.8) is 0 Å². The van der Waals surface area contributed by atoms with Gasteiger partial charge in [0, 0.05) is 16.6 Å². The van der Waals surface area contributed by atoms with Crippen molar-refractivity contribution < 1.29 is 9.53 Å². The SMILES string of the molecule is COC(=O)c1cccc2c(=O)c(C)c(C)[nH]c12. The zero-order valence-corrected chi connectivity index (χ0v) is 9.96. The van der Waals surface area contributed by atoms with Crippen LogP contribution in [0.15, 0.2) is 23.0 Å². The fraction of sp³-hybridized carbons (Fsp3) is 0.231. The average molecular weight is 231 g/mol. The van der Waals surface area contributed by atoms with Crippen LogP contribution in [0.4, 0.5) is 0 Å². The van der Waals surface area contributed by atoms with Crippen LogP contribution in [0.1, 0.15) is 21.6 Å². The van der Waals surface area contributed by atoms with E-state index in [4.69, 9.17) is 4.74 Å². The lowest BCUT2D eigenvalue weighted by Crippen LogP contribution is -2.12. The van der Waals surface area contributed by atoms with Crippen molar-refractivity contribution in [1.29, 1.82) is 0 Å². The highest BCUT2D eigenvalue weighted by molar-refractivity contribution is 6.02. The summed E-state index contributed by atoms with van der Waals surface area (Å²) in [7, 11) is 1.32. The Kier molecular flexibility index (Phi) is 2.71. The van der Waals surface area contributed by atoms with E-state index in [1.807, 2.05) is 6.92 Å². The Hall–Kier alpha value is -2.10. The van der Waals surface area contributed by atoms with E-state index in [0.29, 0.717) is 22.0 Å². The maximum Gasteiger partial charge on any atom is 0.339 e. The highest BCUT2D eigenvalue weighted by Gasteiger charge is 2.13. The lowest BCUT2D eigenvalue weighted by molar-refractivity contribution is 0.0603. The van der Waals surface area contributed by atoms with Gasteiger partial charge in [-0.2, -0.15) is 0 Å². The van der Waals surface area contributed by atoms with Gasteiger partial charge < -0.3 is 9.72 Å². The molecule has 0 aliphatic carbocycles. The first-order valence-electron chi connectivity index (χ1n) is 5.26. The van der Waals surface area contributed by atoms with Crippen LogP contribution >= 0.6 is 0 Å². The molecular weight excluding hydrogens is 218 g/mol. The highest BCUT2D eigenvalue weighted by Crippen LogP contribution is 2.16. The predicted molar refractivity (Wildman–Crippen MR) is 65.4 cm³/mol. The Morgan fingerprint density at radius 1 is 1.29 bits per heavy atom. The van der Waals surface area contributed by atoms with Gasteiger partial charge in [0.05, 0.1) is 18.2 Å². The van der Waals surface area contributed by atoms with E-state index in [9.17, 15) is 9.59 Å². The quantitative estimate of drug-likeness (QED) is 0.763. The topological polar surface area (TPSA) is 59.2 Å². The third kappa shape index (κ3) is 1.71. The molecule has 1 N–H and O–H groups in total. The minimum atomic E-state index is -0.450. The molecule has 1 aromatic carbocycles. The number of H-pyrrole nitrogens is 1. The van der Waals surface area contributed by atoms with Crippen LogP contribution in [-0.4, -0.2) is 18.1 Å². The monoisotopic (exact) mass is 231 g/mol. The van der Waals surface area contributed by atoms with Gasteiger partial charge >= 0.3 is 5.97 Å². The fourth-order valence-corrected chi connectivity index (χ4v) is 1.81. The number of pyridine rings is 1. The molecule has 2 aromatic rings. The lowest BCUT2D eigenvalue weighted by Gasteiger charge is -2.07. The normalized spacial score (nSPS) is 10.5. The summed E-state index contributed by atoms with van der Waals surface area (Å²) in [6.45, 7) is 3.57. The first-order chi connectivity index (χ1) is 8.06. The summed E-state index contributed by atoms with van der Waals surface area (Å²) in [5, 5.41) is 0.510. The molecule has 0 aliphatic heterocycles. The number of benzene rings is 1. The number of aromatic nitrogens is 1. The molecule has 0 saturated carbocycles. The molecule has 0 spiro atoms. The van der Waals surface area contributed by atoms with Crippen LogP contribution in [0.25, 0.3) is 10.9 Å². The molecule has 0 radical (unpaired) electrons. The summed E-state index contributed by atoms with van der Waals surface area (Å²) >= 11 is 0. The Morgan fingerprint density at radius 3 is 2.65 bits per heavy atom. The first kappa shape index (κ1) is 11.4. The molecule has 0 fully saturated rings. The summed E-state index contributed by atoms with van der Waals surface area (Å²) in [6, 6.07) is 5.02. The smallest absolute Gasteiger partial charge is 0.339 e. The highest BCUT2D eigenvalue weighted by atomic mass is 16.5. The molecule has 17 heavy (non-hydrogen) atoms. The number of aryl methyl sites for hydroxylation is 1. The molecule has 1 aromatic heterocycles. The van der Waals surface area contributed by atoms with Crippen molar-refractivity contribution in [2.75, 3.05) is 7.11 Å². The van der Waals surface area contributed by atoms with Gasteiger partial charge in [0.2, 0.25) is 0 Å². The van der Waals surface area contributed by atoms with Crippen LogP contribution in [-0.2, 0) is 4.74 Å². The number of carbonyl (C=O) groups is 1. The van der Waals surface area contributed by atoms with Gasteiger partial charge in [-0.15, -0.1) is 0 Å². The van der Waals surface area contributed by atoms with Crippen molar-refractivity contribution >= 4 is 16.9 Å².